The Labute approximate surface area is 107 Å². The molecule has 18 heavy (non-hydrogen) atoms. The summed E-state index contributed by atoms with van der Waals surface area (Å²) in [4.78, 5) is 11.0. The lowest BCUT2D eigenvalue weighted by atomic mass is 9.96. The molecule has 0 amide bonds. The molecule has 1 aliphatic carbocycles. The fourth-order valence-electron chi connectivity index (χ4n) is 2.62. The van der Waals surface area contributed by atoms with Gasteiger partial charge in [-0.1, -0.05) is 18.6 Å². The highest BCUT2D eigenvalue weighted by molar-refractivity contribution is 5.70. The van der Waals surface area contributed by atoms with E-state index in [2.05, 4.69) is 5.32 Å². The van der Waals surface area contributed by atoms with E-state index < -0.39 is 5.97 Å². The van der Waals surface area contributed by atoms with Crippen LogP contribution in [0.15, 0.2) is 24.3 Å². The third kappa shape index (κ3) is 3.23. The minimum Gasteiger partial charge on any atom is -0.508 e. The van der Waals surface area contributed by atoms with Crippen molar-refractivity contribution < 1.29 is 15.0 Å². The third-order valence-corrected chi connectivity index (χ3v) is 3.65. The molecule has 0 radical (unpaired) electrons. The molecule has 1 fully saturated rings. The number of nitrogens with one attached hydrogen (secondary N) is 1. The number of carboxylic acid groups (broad SMARTS) is 1. The highest BCUT2D eigenvalue weighted by Gasteiger charge is 2.32. The van der Waals surface area contributed by atoms with Gasteiger partial charge in [-0.05, 0) is 43.0 Å². The Morgan fingerprint density at radius 2 is 2.00 bits per heavy atom. The Hall–Kier alpha value is -1.55. The van der Waals surface area contributed by atoms with Gasteiger partial charge in [-0.2, -0.15) is 0 Å². The van der Waals surface area contributed by atoms with Gasteiger partial charge in [0.15, 0.2) is 0 Å². The maximum atomic E-state index is 11.0. The van der Waals surface area contributed by atoms with E-state index in [0.29, 0.717) is 6.54 Å². The van der Waals surface area contributed by atoms with E-state index in [4.69, 9.17) is 10.2 Å². The van der Waals surface area contributed by atoms with Gasteiger partial charge >= 0.3 is 5.97 Å². The molecule has 0 heterocycles. The maximum Gasteiger partial charge on any atom is 0.306 e. The number of phenols is 1. The number of aliphatic carboxylic acids is 1. The van der Waals surface area contributed by atoms with Crippen molar-refractivity contribution >= 4 is 5.97 Å². The molecule has 98 valence electrons. The predicted molar refractivity (Wildman–Crippen MR) is 68.3 cm³/mol. The molecule has 0 saturated heterocycles. The first-order valence-corrected chi connectivity index (χ1v) is 6.38. The number of aromatic hydroxyl groups is 1. The minimum atomic E-state index is -0.663. The lowest BCUT2D eigenvalue weighted by molar-refractivity contribution is -0.142. The summed E-state index contributed by atoms with van der Waals surface area (Å²) in [5.74, 6) is -0.332. The first-order valence-electron chi connectivity index (χ1n) is 6.38. The van der Waals surface area contributed by atoms with E-state index in [-0.39, 0.29) is 17.6 Å². The van der Waals surface area contributed by atoms with Gasteiger partial charge in [-0.25, -0.2) is 0 Å². The van der Waals surface area contributed by atoms with Crippen LogP contribution in [0.5, 0.6) is 5.75 Å². The van der Waals surface area contributed by atoms with Crippen LogP contribution in [0.25, 0.3) is 0 Å². The van der Waals surface area contributed by atoms with Crippen LogP contribution in [-0.4, -0.2) is 22.7 Å². The van der Waals surface area contributed by atoms with Crippen LogP contribution in [0.4, 0.5) is 0 Å². The molecule has 1 aromatic rings. The van der Waals surface area contributed by atoms with Gasteiger partial charge in [0, 0.05) is 6.54 Å². The molecular weight excluding hydrogens is 230 g/mol. The Morgan fingerprint density at radius 1 is 1.28 bits per heavy atom. The molecule has 1 aromatic carbocycles. The number of carboxylic acids is 1. The molecule has 0 aliphatic heterocycles. The Bertz CT molecular complexity index is 402. The molecule has 2 unspecified atom stereocenters. The molecule has 4 nitrogen and oxygen atoms in total. The number of hydrogen-bond donors (Lipinski definition) is 3. The van der Waals surface area contributed by atoms with Crippen molar-refractivity contribution in [3.05, 3.63) is 29.8 Å². The second-order valence-electron chi connectivity index (χ2n) is 4.93. The van der Waals surface area contributed by atoms with Crippen molar-refractivity contribution in [3.63, 3.8) is 0 Å². The maximum absolute atomic E-state index is 11.0. The zero-order valence-electron chi connectivity index (χ0n) is 10.3. The SMILES string of the molecule is O=C(O)C1CCCC1CNCc1ccc(O)cc1. The van der Waals surface area contributed by atoms with Gasteiger partial charge in [0.05, 0.1) is 5.92 Å². The molecule has 3 N–H and O–H groups in total. The van der Waals surface area contributed by atoms with Crippen LogP contribution in [0.2, 0.25) is 0 Å². The molecule has 0 spiro atoms. The number of hydrogen-bond acceptors (Lipinski definition) is 3. The highest BCUT2D eigenvalue weighted by Crippen LogP contribution is 2.31. The first-order chi connectivity index (χ1) is 8.66. The fraction of sp³-hybridized carbons (Fsp3) is 0.500. The van der Waals surface area contributed by atoms with E-state index in [1.165, 1.54) is 0 Å². The first kappa shape index (κ1) is 12.9. The smallest absolute Gasteiger partial charge is 0.306 e. The molecule has 2 rings (SSSR count). The lowest BCUT2D eigenvalue weighted by Gasteiger charge is -2.16. The Kier molecular flexibility index (Phi) is 4.20. The third-order valence-electron chi connectivity index (χ3n) is 3.65. The van der Waals surface area contributed by atoms with Gasteiger partial charge in [0.1, 0.15) is 5.75 Å². The summed E-state index contributed by atoms with van der Waals surface area (Å²) in [5, 5.41) is 21.5. The van der Waals surface area contributed by atoms with Gasteiger partial charge in [-0.3, -0.25) is 4.79 Å². The van der Waals surface area contributed by atoms with Crippen LogP contribution in [-0.2, 0) is 11.3 Å². The van der Waals surface area contributed by atoms with Crippen LogP contribution in [0.3, 0.4) is 0 Å². The zero-order chi connectivity index (χ0) is 13.0. The van der Waals surface area contributed by atoms with Gasteiger partial charge in [-0.15, -0.1) is 0 Å². The van der Waals surface area contributed by atoms with E-state index in [1.54, 1.807) is 12.1 Å². The average molecular weight is 249 g/mol. The van der Waals surface area contributed by atoms with Crippen molar-refractivity contribution in [1.29, 1.82) is 0 Å². The van der Waals surface area contributed by atoms with Gasteiger partial charge in [0.2, 0.25) is 0 Å². The normalized spacial score (nSPS) is 23.1. The molecule has 1 aliphatic rings. The van der Waals surface area contributed by atoms with E-state index in [1.807, 2.05) is 12.1 Å². The average Bonchev–Trinajstić information content (AvgIpc) is 2.80. The standard InChI is InChI=1S/C14H19NO3/c16-12-6-4-10(5-7-12)8-15-9-11-2-1-3-13(11)14(17)18/h4-7,11,13,15-16H,1-3,8-9H2,(H,17,18). The highest BCUT2D eigenvalue weighted by atomic mass is 16.4. The summed E-state index contributed by atoms with van der Waals surface area (Å²) in [7, 11) is 0. The van der Waals surface area contributed by atoms with Crippen LogP contribution >= 0.6 is 0 Å². The van der Waals surface area contributed by atoms with Crippen LogP contribution < -0.4 is 5.32 Å². The summed E-state index contributed by atoms with van der Waals surface area (Å²) in [5.41, 5.74) is 1.10. The van der Waals surface area contributed by atoms with Gasteiger partial charge in [0.25, 0.3) is 0 Å². The summed E-state index contributed by atoms with van der Waals surface area (Å²) >= 11 is 0. The second-order valence-corrected chi connectivity index (χ2v) is 4.93. The molecule has 0 bridgehead atoms. The minimum absolute atomic E-state index is 0.183. The van der Waals surface area contributed by atoms with E-state index in [0.717, 1.165) is 31.4 Å². The van der Waals surface area contributed by atoms with Crippen LogP contribution in [0, 0.1) is 11.8 Å². The van der Waals surface area contributed by atoms with Crippen LogP contribution in [0.1, 0.15) is 24.8 Å². The topological polar surface area (TPSA) is 69.6 Å². The Balaban J connectivity index is 1.78. The van der Waals surface area contributed by atoms with Crippen molar-refractivity contribution in [3.8, 4) is 5.75 Å². The molecule has 0 aromatic heterocycles. The zero-order valence-corrected chi connectivity index (χ0v) is 10.3. The van der Waals surface area contributed by atoms with Crippen molar-refractivity contribution in [2.75, 3.05) is 6.54 Å². The molecular formula is C14H19NO3. The van der Waals surface area contributed by atoms with E-state index in [9.17, 15) is 4.79 Å². The molecule has 1 saturated carbocycles. The summed E-state index contributed by atoms with van der Waals surface area (Å²) in [6.45, 7) is 1.46. The number of carbonyl (C=O) groups is 1. The molecule has 4 heteroatoms. The quantitative estimate of drug-likeness (QED) is 0.746. The van der Waals surface area contributed by atoms with E-state index >= 15 is 0 Å². The largest absolute Gasteiger partial charge is 0.508 e. The van der Waals surface area contributed by atoms with Crippen molar-refractivity contribution in [2.45, 2.75) is 25.8 Å². The number of benzene rings is 1. The number of rotatable bonds is 5. The summed E-state index contributed by atoms with van der Waals surface area (Å²) in [6, 6.07) is 7.05. The molecule has 2 atom stereocenters. The fourth-order valence-corrected chi connectivity index (χ4v) is 2.62. The van der Waals surface area contributed by atoms with Gasteiger partial charge < -0.3 is 15.5 Å². The van der Waals surface area contributed by atoms with Crippen molar-refractivity contribution in [1.82, 2.24) is 5.32 Å². The lowest BCUT2D eigenvalue weighted by Crippen LogP contribution is -2.28. The predicted octanol–water partition coefficient (Wildman–Crippen LogP) is 1.98. The van der Waals surface area contributed by atoms with Crippen molar-refractivity contribution in [2.24, 2.45) is 11.8 Å². The summed E-state index contributed by atoms with van der Waals surface area (Å²) in [6.07, 6.45) is 2.82. The monoisotopic (exact) mass is 249 g/mol. The Morgan fingerprint density at radius 3 is 2.67 bits per heavy atom. The number of phenolic OH excluding ortho intramolecular Hbond substituents is 1. The second kappa shape index (κ2) is 5.87. The summed E-state index contributed by atoms with van der Waals surface area (Å²) < 4.78 is 0.